The molecule has 1 amide bonds. The number of hydrogen-bond donors (Lipinski definition) is 4. The van der Waals surface area contributed by atoms with Crippen molar-refractivity contribution in [1.82, 2.24) is 4.90 Å². The Labute approximate surface area is 276 Å². The molecule has 0 aromatic heterocycles. The van der Waals surface area contributed by atoms with Crippen LogP contribution in [-0.4, -0.2) is 76.5 Å². The first kappa shape index (κ1) is 43.5. The van der Waals surface area contributed by atoms with Gasteiger partial charge >= 0.3 is 17.9 Å². The second-order valence-corrected chi connectivity index (χ2v) is 10.3. The number of rotatable bonds is 17. The van der Waals surface area contributed by atoms with Crippen LogP contribution in [0.15, 0.2) is 48.5 Å². The van der Waals surface area contributed by atoms with Gasteiger partial charge in [0.25, 0.3) is 11.1 Å². The van der Waals surface area contributed by atoms with Crippen molar-refractivity contribution >= 4 is 40.7 Å². The zero-order valence-electron chi connectivity index (χ0n) is 26.2. The average Bonchev–Trinajstić information content (AvgIpc) is 2.96. The quantitative estimate of drug-likeness (QED) is 0.0844. The molecule has 5 N–H and O–H groups in total. The number of carboxylic acid groups (broad SMARTS) is 2. The molecule has 0 atom stereocenters. The van der Waals surface area contributed by atoms with Gasteiger partial charge in [0.2, 0.25) is 0 Å². The second-order valence-electron chi connectivity index (χ2n) is 9.92. The lowest BCUT2D eigenvalue weighted by atomic mass is 10.1. The van der Waals surface area contributed by atoms with Gasteiger partial charge < -0.3 is 42.7 Å². The van der Waals surface area contributed by atoms with E-state index in [0.29, 0.717) is 19.4 Å². The smallest absolute Gasteiger partial charge is 0.308 e. The minimum atomic E-state index is -0.793. The van der Waals surface area contributed by atoms with Crippen molar-refractivity contribution in [3.8, 4) is 11.5 Å². The van der Waals surface area contributed by atoms with E-state index in [1.165, 1.54) is 55.8 Å². The Kier molecular flexibility index (Phi) is 25.8. The molecule has 0 radical (unpaired) electrons. The Balaban J connectivity index is 0. The Bertz CT molecular complexity index is 1180. The Morgan fingerprint density at radius 1 is 0.778 bits per heavy atom. The summed E-state index contributed by atoms with van der Waals surface area (Å²) in [5, 5.41) is 28.0. The van der Waals surface area contributed by atoms with E-state index in [0.717, 1.165) is 25.7 Å². The monoisotopic (exact) mass is 672 g/mol. The molecule has 0 spiro atoms. The molecule has 0 saturated carbocycles. The van der Waals surface area contributed by atoms with E-state index in [9.17, 15) is 29.1 Å². The van der Waals surface area contributed by atoms with E-state index in [4.69, 9.17) is 26.6 Å². The summed E-state index contributed by atoms with van der Waals surface area (Å²) in [6, 6.07) is 12.7. The van der Waals surface area contributed by atoms with Crippen LogP contribution in [0.25, 0.3) is 0 Å². The molecule has 0 unspecified atom stereocenters. The minimum Gasteiger partial charge on any atom is -1.00 e. The number of carboxylic acids is 2. The van der Waals surface area contributed by atoms with Crippen LogP contribution in [0.1, 0.15) is 91.8 Å². The van der Waals surface area contributed by atoms with Crippen molar-refractivity contribution in [2.24, 2.45) is 0 Å². The van der Waals surface area contributed by atoms with E-state index in [1.54, 1.807) is 37.4 Å². The van der Waals surface area contributed by atoms with Gasteiger partial charge in [0.05, 0.1) is 24.7 Å². The third-order valence-electron chi connectivity index (χ3n) is 6.10. The van der Waals surface area contributed by atoms with E-state index in [1.807, 2.05) is 0 Å². The number of hydrogen-bond acceptors (Lipinski definition) is 7. The molecular formula is C32H46Cl2N2O9. The van der Waals surface area contributed by atoms with Crippen LogP contribution in [0.3, 0.4) is 0 Å². The fourth-order valence-electron chi connectivity index (χ4n) is 3.79. The van der Waals surface area contributed by atoms with Crippen molar-refractivity contribution in [1.29, 1.82) is 0 Å². The molecule has 252 valence electrons. The summed E-state index contributed by atoms with van der Waals surface area (Å²) < 4.78 is 4.76. The van der Waals surface area contributed by atoms with Gasteiger partial charge in [-0.25, -0.2) is 0 Å². The van der Waals surface area contributed by atoms with Crippen LogP contribution in [0.5, 0.6) is 11.5 Å². The number of benzene rings is 2. The summed E-state index contributed by atoms with van der Waals surface area (Å²) in [5.74, 6) is -2.00. The molecule has 0 fully saturated rings. The molecule has 2 aromatic rings. The van der Waals surface area contributed by atoms with Gasteiger partial charge in [-0.15, -0.1) is 0 Å². The molecule has 45 heavy (non-hydrogen) atoms. The summed E-state index contributed by atoms with van der Waals surface area (Å²) in [5.41, 5.74) is 0.481. The summed E-state index contributed by atoms with van der Waals surface area (Å²) in [6.07, 6.45) is 8.22. The highest BCUT2D eigenvalue weighted by molar-refractivity contribution is 6.68. The first-order valence-electron chi connectivity index (χ1n) is 14.6. The number of halogens is 2. The van der Waals surface area contributed by atoms with Crippen molar-refractivity contribution < 1.29 is 61.8 Å². The Hall–Kier alpha value is -3.67. The number of quaternary nitrogens is 1. The van der Waals surface area contributed by atoms with Gasteiger partial charge in [0.1, 0.15) is 11.5 Å². The average molecular weight is 674 g/mol. The van der Waals surface area contributed by atoms with Gasteiger partial charge in [-0.05, 0) is 68.0 Å². The topological polar surface area (TPSA) is 175 Å². The van der Waals surface area contributed by atoms with Gasteiger partial charge in [-0.2, -0.15) is 0 Å². The normalized spacial score (nSPS) is 9.69. The summed E-state index contributed by atoms with van der Waals surface area (Å²) in [4.78, 5) is 55.4. The number of esters is 1. The number of carbonyl (C=O) groups excluding carboxylic acids is 3. The number of nitrogens with two attached hydrogens (primary N) is 1. The van der Waals surface area contributed by atoms with Gasteiger partial charge in [0, 0.05) is 33.4 Å². The Morgan fingerprint density at radius 3 is 1.78 bits per heavy atom. The highest BCUT2D eigenvalue weighted by Gasteiger charge is 2.14. The van der Waals surface area contributed by atoms with Crippen molar-refractivity contribution in [3.63, 3.8) is 0 Å². The lowest BCUT2D eigenvalue weighted by Gasteiger charge is -2.17. The number of nitrogens with zero attached hydrogens (tertiary/aromatic N) is 1. The summed E-state index contributed by atoms with van der Waals surface area (Å²) in [6.45, 7) is 3.00. The molecule has 0 aliphatic carbocycles. The number of phenols is 1. The summed E-state index contributed by atoms with van der Waals surface area (Å²) >= 11 is 5.26. The molecule has 11 nitrogen and oxygen atoms in total. The maximum Gasteiger partial charge on any atom is 0.308 e. The van der Waals surface area contributed by atoms with E-state index >= 15 is 0 Å². The molecule has 13 heteroatoms. The fraction of sp³-hybridized carbons (Fsp3) is 0.469. The SMILES string of the molecule is CC(=O)Oc1ccccc1C(=O)Cl.CN(CCCCCC(=O)O)C(=O)c1ccccc1O.C[NH2+]CCCCCCCC(=O)O.[Cl-]. The van der Waals surface area contributed by atoms with Gasteiger partial charge in [-0.1, -0.05) is 43.5 Å². The van der Waals surface area contributed by atoms with Gasteiger partial charge in [-0.3, -0.25) is 24.0 Å². The summed E-state index contributed by atoms with van der Waals surface area (Å²) in [7, 11) is 3.75. The maximum absolute atomic E-state index is 12.0. The number of unbranched alkanes of at least 4 members (excludes halogenated alkanes) is 6. The molecule has 0 heterocycles. The van der Waals surface area contributed by atoms with Crippen molar-refractivity contribution in [2.75, 3.05) is 27.2 Å². The molecule has 0 saturated heterocycles. The van der Waals surface area contributed by atoms with E-state index in [2.05, 4.69) is 12.4 Å². The molecular weight excluding hydrogens is 627 g/mol. The molecule has 0 aliphatic heterocycles. The first-order valence-corrected chi connectivity index (χ1v) is 15.0. The number of phenolic OH excluding ortho intramolecular Hbond substituents is 1. The molecule has 0 aliphatic rings. The first-order chi connectivity index (χ1) is 20.9. The highest BCUT2D eigenvalue weighted by Crippen LogP contribution is 2.20. The zero-order valence-corrected chi connectivity index (χ0v) is 27.7. The zero-order chi connectivity index (χ0) is 33.3. The standard InChI is InChI=1S/C14H19NO4.C9H7ClO3.C9H19NO2.ClH/c1-15(10-6-2-3-9-13(17)18)14(19)11-7-4-5-8-12(11)16;1-6(11)13-8-5-3-2-4-7(8)9(10)12;1-10-8-6-4-2-3-5-7-9(11)12;/h4-5,7-8,16H,2-3,6,9-10H2,1H3,(H,17,18);2-5H,1H3;10H,2-8H2,1H3,(H,11,12);1H. The lowest BCUT2D eigenvalue weighted by molar-refractivity contribution is -0.627. The third-order valence-corrected chi connectivity index (χ3v) is 6.30. The molecule has 2 rings (SSSR count). The maximum atomic E-state index is 12.0. The molecule has 2 aromatic carbocycles. The lowest BCUT2D eigenvalue weighted by Crippen LogP contribution is -3.00. The number of amides is 1. The van der Waals surface area contributed by atoms with Crippen molar-refractivity contribution in [3.05, 3.63) is 59.7 Å². The minimum absolute atomic E-state index is 0. The van der Waals surface area contributed by atoms with Crippen molar-refractivity contribution in [2.45, 2.75) is 71.1 Å². The van der Waals surface area contributed by atoms with Crippen LogP contribution in [0.4, 0.5) is 0 Å². The van der Waals surface area contributed by atoms with Crippen LogP contribution in [0, 0.1) is 0 Å². The van der Waals surface area contributed by atoms with Crippen LogP contribution in [-0.2, 0) is 14.4 Å². The highest BCUT2D eigenvalue weighted by atomic mass is 35.5. The number of aromatic hydroxyl groups is 1. The van der Waals surface area contributed by atoms with Crippen LogP contribution >= 0.6 is 11.6 Å². The van der Waals surface area contributed by atoms with E-state index < -0.39 is 23.2 Å². The number of carbonyl (C=O) groups is 5. The number of aliphatic carboxylic acids is 2. The number of para-hydroxylation sites is 2. The fourth-order valence-corrected chi connectivity index (χ4v) is 3.95. The largest absolute Gasteiger partial charge is 1.00 e. The predicted octanol–water partition coefficient (Wildman–Crippen LogP) is 1.71. The van der Waals surface area contributed by atoms with Crippen LogP contribution in [0.2, 0.25) is 0 Å². The second kappa shape index (κ2) is 26.7. The van der Waals surface area contributed by atoms with E-state index in [-0.39, 0.29) is 47.4 Å². The van der Waals surface area contributed by atoms with Gasteiger partial charge in [0.15, 0.2) is 0 Å². The predicted molar refractivity (Wildman–Crippen MR) is 167 cm³/mol. The third kappa shape index (κ3) is 22.5. The number of ether oxygens (including phenoxy) is 1. The molecule has 0 bridgehead atoms. The Morgan fingerprint density at radius 2 is 1.27 bits per heavy atom. The van der Waals surface area contributed by atoms with Crippen LogP contribution < -0.4 is 22.5 Å².